The molecule has 0 fully saturated rings. The number of hydrogen-bond donors (Lipinski definition) is 1. The maximum absolute atomic E-state index is 4.00. The van der Waals surface area contributed by atoms with Crippen molar-refractivity contribution in [2.45, 2.75) is 19.8 Å². The van der Waals surface area contributed by atoms with Gasteiger partial charge in [0.05, 0.1) is 0 Å². The Morgan fingerprint density at radius 1 is 1.50 bits per heavy atom. The van der Waals surface area contributed by atoms with Gasteiger partial charge in [-0.15, -0.1) is 0 Å². The fraction of sp³-hybridized carbons (Fsp3) is 1.00. The molecule has 0 saturated heterocycles. The second kappa shape index (κ2) is 9.47. The summed E-state index contributed by atoms with van der Waals surface area (Å²) in [5.41, 5.74) is 0. The van der Waals surface area contributed by atoms with Crippen molar-refractivity contribution in [3.63, 3.8) is 0 Å². The van der Waals surface area contributed by atoms with Crippen LogP contribution >= 0.6 is 12.6 Å². The molecule has 6 heavy (non-hydrogen) atoms. The fourth-order valence-electron chi connectivity index (χ4n) is 0.158. The fourth-order valence-corrected chi connectivity index (χ4v) is 0.474. The van der Waals surface area contributed by atoms with Crippen molar-refractivity contribution in [2.24, 2.45) is 0 Å². The average molecular weight is 211 g/mol. The maximum atomic E-state index is 4.00. The van der Waals surface area contributed by atoms with Crippen molar-refractivity contribution in [2.75, 3.05) is 5.75 Å². The second-order valence-corrected chi connectivity index (χ2v) is 1.52. The van der Waals surface area contributed by atoms with Gasteiger partial charge in [-0.25, -0.2) is 0 Å². The number of unbranched alkanes of at least 4 members (excludes halogenated alkanes) is 1. The third-order valence-electron chi connectivity index (χ3n) is 0.512. The van der Waals surface area contributed by atoms with Crippen LogP contribution in [0, 0.1) is 0 Å². The molecule has 0 aliphatic heterocycles. The minimum absolute atomic E-state index is 0. The first-order chi connectivity index (χ1) is 2.41. The van der Waals surface area contributed by atoms with Crippen LogP contribution in [-0.4, -0.2) is 29.7 Å². The molecule has 2 radical (unpaired) electrons. The zero-order chi connectivity index (χ0) is 4.12. The monoisotopic (exact) mass is 212 g/mol. The average Bonchev–Trinajstić information content (AvgIpc) is 1.41. The van der Waals surface area contributed by atoms with Crippen LogP contribution in [0.2, 0.25) is 0 Å². The summed E-state index contributed by atoms with van der Waals surface area (Å²) in [5, 5.41) is 0. The van der Waals surface area contributed by atoms with Gasteiger partial charge in [0, 0.05) is 0 Å². The standard InChI is InChI=1S/C4H10S.Sn.2H/c1-2-3-4-5;;;/h5H,2-4H2,1H3;;;. The Bertz CT molecular complexity index is 15.0. The third kappa shape index (κ3) is 8.94. The first-order valence-electron chi connectivity index (χ1n) is 2.02. The molecular weight excluding hydrogens is 199 g/mol. The van der Waals surface area contributed by atoms with Crippen molar-refractivity contribution in [3.05, 3.63) is 0 Å². The van der Waals surface area contributed by atoms with Crippen LogP contribution in [0.5, 0.6) is 0 Å². The number of hydrogen-bond acceptors (Lipinski definition) is 1. The molecule has 0 atom stereocenters. The molecule has 0 aromatic carbocycles. The van der Waals surface area contributed by atoms with Gasteiger partial charge in [0.2, 0.25) is 0 Å². The molecule has 0 amide bonds. The molecule has 0 aromatic heterocycles. The number of rotatable bonds is 2. The molecule has 0 aliphatic carbocycles. The molecule has 0 heterocycles. The third-order valence-corrected chi connectivity index (χ3v) is 0.828. The first kappa shape index (κ1) is 10.2. The topological polar surface area (TPSA) is 0 Å². The van der Waals surface area contributed by atoms with E-state index in [0.717, 1.165) is 5.75 Å². The quantitative estimate of drug-likeness (QED) is 0.506. The molecular formula is C4H12SSn. The van der Waals surface area contributed by atoms with E-state index in [1.165, 1.54) is 12.8 Å². The molecule has 0 aliphatic rings. The summed E-state index contributed by atoms with van der Waals surface area (Å²) in [6.07, 6.45) is 2.52. The van der Waals surface area contributed by atoms with Crippen LogP contribution < -0.4 is 0 Å². The number of thiol groups is 1. The van der Waals surface area contributed by atoms with E-state index in [0.29, 0.717) is 0 Å². The summed E-state index contributed by atoms with van der Waals surface area (Å²) in [4.78, 5) is 0. The van der Waals surface area contributed by atoms with Crippen LogP contribution in [0.25, 0.3) is 0 Å². The molecule has 0 saturated carbocycles. The Hall–Kier alpha value is 1.15. The molecule has 2 heteroatoms. The van der Waals surface area contributed by atoms with E-state index < -0.39 is 0 Å². The van der Waals surface area contributed by atoms with Gasteiger partial charge in [0.15, 0.2) is 0 Å². The summed E-state index contributed by atoms with van der Waals surface area (Å²) in [7, 11) is 0. The van der Waals surface area contributed by atoms with Crippen molar-refractivity contribution >= 4 is 36.5 Å². The van der Waals surface area contributed by atoms with E-state index >= 15 is 0 Å². The van der Waals surface area contributed by atoms with E-state index in [1.807, 2.05) is 0 Å². The SMILES string of the molecule is CCCCS.[SnH2]. The summed E-state index contributed by atoms with van der Waals surface area (Å²) in [5.74, 6) is 1.04. The van der Waals surface area contributed by atoms with Crippen molar-refractivity contribution in [1.82, 2.24) is 0 Å². The van der Waals surface area contributed by atoms with Gasteiger partial charge in [-0.3, -0.25) is 0 Å². The normalized spacial score (nSPS) is 7.00. The van der Waals surface area contributed by atoms with Crippen LogP contribution in [0.15, 0.2) is 0 Å². The van der Waals surface area contributed by atoms with Crippen molar-refractivity contribution in [3.8, 4) is 0 Å². The zero-order valence-corrected chi connectivity index (χ0v) is 9.21. The van der Waals surface area contributed by atoms with Gasteiger partial charge in [0.1, 0.15) is 0 Å². The Morgan fingerprint density at radius 2 is 2.00 bits per heavy atom. The van der Waals surface area contributed by atoms with Gasteiger partial charge < -0.3 is 0 Å². The van der Waals surface area contributed by atoms with Gasteiger partial charge in [0.25, 0.3) is 0 Å². The summed E-state index contributed by atoms with van der Waals surface area (Å²) < 4.78 is 0. The summed E-state index contributed by atoms with van der Waals surface area (Å²) in [6, 6.07) is 0. The molecule has 0 bridgehead atoms. The second-order valence-electron chi connectivity index (χ2n) is 1.08. The molecule has 0 spiro atoms. The van der Waals surface area contributed by atoms with Crippen LogP contribution in [0.4, 0.5) is 0 Å². The first-order valence-corrected chi connectivity index (χ1v) is 2.66. The van der Waals surface area contributed by atoms with Gasteiger partial charge in [-0.2, -0.15) is 12.6 Å². The summed E-state index contributed by atoms with van der Waals surface area (Å²) >= 11 is 4.00. The molecule has 38 valence electrons. The van der Waals surface area contributed by atoms with E-state index in [9.17, 15) is 0 Å². The molecule has 0 unspecified atom stereocenters. The van der Waals surface area contributed by atoms with Crippen LogP contribution in [-0.2, 0) is 0 Å². The Kier molecular flexibility index (Phi) is 16.1. The molecule has 0 rings (SSSR count). The van der Waals surface area contributed by atoms with E-state index in [1.54, 1.807) is 0 Å². The predicted octanol–water partition coefficient (Wildman–Crippen LogP) is 0.800. The van der Waals surface area contributed by atoms with Gasteiger partial charge in [-0.1, -0.05) is 13.3 Å². The van der Waals surface area contributed by atoms with Crippen molar-refractivity contribution in [1.29, 1.82) is 0 Å². The molecule has 0 nitrogen and oxygen atoms in total. The molecule has 0 N–H and O–H groups in total. The Labute approximate surface area is 62.1 Å². The Balaban J connectivity index is 0. The molecule has 0 aromatic rings. The van der Waals surface area contributed by atoms with Gasteiger partial charge >= 0.3 is 23.9 Å². The van der Waals surface area contributed by atoms with Gasteiger partial charge in [-0.05, 0) is 12.2 Å². The van der Waals surface area contributed by atoms with E-state index in [2.05, 4.69) is 19.6 Å². The van der Waals surface area contributed by atoms with Crippen molar-refractivity contribution < 1.29 is 0 Å². The minimum atomic E-state index is 0. The summed E-state index contributed by atoms with van der Waals surface area (Å²) in [6.45, 7) is 2.16. The predicted molar refractivity (Wildman–Crippen MR) is 37.3 cm³/mol. The van der Waals surface area contributed by atoms with E-state index in [-0.39, 0.29) is 23.9 Å². The van der Waals surface area contributed by atoms with Crippen LogP contribution in [0.1, 0.15) is 19.8 Å². The zero-order valence-electron chi connectivity index (χ0n) is 4.28. The van der Waals surface area contributed by atoms with Crippen LogP contribution in [0.3, 0.4) is 0 Å². The van der Waals surface area contributed by atoms with E-state index in [4.69, 9.17) is 0 Å². The Morgan fingerprint density at radius 3 is 2.00 bits per heavy atom.